The van der Waals surface area contributed by atoms with Crippen molar-refractivity contribution >= 4 is 23.7 Å². The molecule has 3 amide bonds. The zero-order valence-electron chi connectivity index (χ0n) is 17.2. The molecule has 12 nitrogen and oxygen atoms in total. The number of nitrogens with one attached hydrogen (secondary N) is 4. The molecule has 0 radical (unpaired) electrons. The number of rotatable bonds is 13. The van der Waals surface area contributed by atoms with Crippen LogP contribution in [-0.4, -0.2) is 69.5 Å². The molecule has 1 aromatic heterocycles. The molecule has 4 atom stereocenters. The molecule has 0 aliphatic carbocycles. The number of aromatic nitrogens is 2. The van der Waals surface area contributed by atoms with Crippen molar-refractivity contribution in [1.29, 1.82) is 0 Å². The highest BCUT2D eigenvalue weighted by molar-refractivity contribution is 5.94. The Kier molecular flexibility index (Phi) is 10.5. The Morgan fingerprint density at radius 3 is 2.23 bits per heavy atom. The van der Waals surface area contributed by atoms with Gasteiger partial charge in [-0.15, -0.1) is 0 Å². The average molecular weight is 425 g/mol. The van der Waals surface area contributed by atoms with Gasteiger partial charge in [-0.05, 0) is 39.7 Å². The van der Waals surface area contributed by atoms with Crippen LogP contribution < -0.4 is 27.4 Å². The van der Waals surface area contributed by atoms with E-state index in [0.717, 1.165) is 0 Å². The summed E-state index contributed by atoms with van der Waals surface area (Å²) in [6.45, 7) is 3.24. The van der Waals surface area contributed by atoms with Crippen LogP contribution in [0.1, 0.15) is 38.8 Å². The van der Waals surface area contributed by atoms with E-state index < -0.39 is 47.9 Å². The van der Waals surface area contributed by atoms with Gasteiger partial charge in [-0.2, -0.15) is 0 Å². The van der Waals surface area contributed by atoms with Gasteiger partial charge < -0.3 is 37.5 Å². The molecule has 1 rings (SSSR count). The Morgan fingerprint density at radius 1 is 1.07 bits per heavy atom. The van der Waals surface area contributed by atoms with Gasteiger partial charge in [-0.25, -0.2) is 4.98 Å². The lowest BCUT2D eigenvalue weighted by atomic mass is 10.1. The molecule has 1 heterocycles. The first-order chi connectivity index (χ1) is 14.1. The third-order valence-corrected chi connectivity index (χ3v) is 4.33. The third kappa shape index (κ3) is 8.57. The Morgan fingerprint density at radius 2 is 1.70 bits per heavy atom. The van der Waals surface area contributed by atoms with E-state index in [-0.39, 0.29) is 6.42 Å². The Bertz CT molecular complexity index is 708. The number of H-pyrrole nitrogens is 1. The summed E-state index contributed by atoms with van der Waals surface area (Å²) in [5.74, 6) is -2.97. The second-order valence-corrected chi connectivity index (χ2v) is 7.04. The van der Waals surface area contributed by atoms with Crippen LogP contribution in [0.25, 0.3) is 0 Å². The van der Waals surface area contributed by atoms with Gasteiger partial charge in [0.25, 0.3) is 0 Å². The lowest BCUT2D eigenvalue weighted by Gasteiger charge is -2.24. The zero-order valence-corrected chi connectivity index (χ0v) is 17.2. The minimum Gasteiger partial charge on any atom is -0.480 e. The summed E-state index contributed by atoms with van der Waals surface area (Å²) in [5, 5.41) is 16.5. The number of imidazole rings is 1. The first-order valence-corrected chi connectivity index (χ1v) is 9.72. The minimum atomic E-state index is -1.21. The van der Waals surface area contributed by atoms with Gasteiger partial charge in [-0.3, -0.25) is 19.2 Å². The van der Waals surface area contributed by atoms with Crippen LogP contribution in [-0.2, 0) is 25.6 Å². The van der Waals surface area contributed by atoms with E-state index in [0.29, 0.717) is 31.5 Å². The van der Waals surface area contributed by atoms with Crippen LogP contribution in [0.5, 0.6) is 0 Å². The summed E-state index contributed by atoms with van der Waals surface area (Å²) in [6.07, 6.45) is 4.52. The summed E-state index contributed by atoms with van der Waals surface area (Å²) in [4.78, 5) is 55.2. The average Bonchev–Trinajstić information content (AvgIpc) is 3.19. The molecule has 0 aromatic carbocycles. The number of nitrogens with two attached hydrogens (primary N) is 2. The maximum Gasteiger partial charge on any atom is 0.325 e. The molecule has 12 heteroatoms. The molecule has 0 fully saturated rings. The van der Waals surface area contributed by atoms with E-state index in [2.05, 4.69) is 25.9 Å². The van der Waals surface area contributed by atoms with Crippen molar-refractivity contribution in [2.75, 3.05) is 6.54 Å². The smallest absolute Gasteiger partial charge is 0.325 e. The van der Waals surface area contributed by atoms with Crippen LogP contribution >= 0.6 is 0 Å². The molecule has 0 spiro atoms. The molecular weight excluding hydrogens is 394 g/mol. The van der Waals surface area contributed by atoms with Crippen LogP contribution in [0.4, 0.5) is 0 Å². The van der Waals surface area contributed by atoms with Gasteiger partial charge in [0.05, 0.1) is 12.4 Å². The summed E-state index contributed by atoms with van der Waals surface area (Å²) < 4.78 is 0. The van der Waals surface area contributed by atoms with Gasteiger partial charge >= 0.3 is 5.97 Å². The SMILES string of the molecule is CC(N)C(=O)NC(CCCCN)C(=O)NC(Cc1cnc[nH]1)C(=O)NC(C)C(=O)O. The van der Waals surface area contributed by atoms with Crippen LogP contribution in [0.2, 0.25) is 0 Å². The Hall–Kier alpha value is -2.99. The lowest BCUT2D eigenvalue weighted by Crippen LogP contribution is -2.57. The van der Waals surface area contributed by atoms with Gasteiger partial charge in [0.2, 0.25) is 17.7 Å². The number of nitrogens with zero attached hydrogens (tertiary/aromatic N) is 1. The molecule has 0 saturated carbocycles. The van der Waals surface area contributed by atoms with Crippen molar-refractivity contribution in [3.8, 4) is 0 Å². The summed E-state index contributed by atoms with van der Waals surface area (Å²) >= 11 is 0. The van der Waals surface area contributed by atoms with E-state index >= 15 is 0 Å². The fourth-order valence-corrected chi connectivity index (χ4v) is 2.54. The maximum atomic E-state index is 12.8. The predicted molar refractivity (Wildman–Crippen MR) is 108 cm³/mol. The lowest BCUT2D eigenvalue weighted by molar-refractivity contribution is -0.141. The Balaban J connectivity index is 2.94. The van der Waals surface area contributed by atoms with Crippen molar-refractivity contribution in [2.45, 2.75) is 63.7 Å². The van der Waals surface area contributed by atoms with Crippen molar-refractivity contribution in [1.82, 2.24) is 25.9 Å². The van der Waals surface area contributed by atoms with Crippen LogP contribution in [0.3, 0.4) is 0 Å². The van der Waals surface area contributed by atoms with Gasteiger partial charge in [0, 0.05) is 18.3 Å². The second kappa shape index (κ2) is 12.5. The molecule has 4 unspecified atom stereocenters. The van der Waals surface area contributed by atoms with Crippen molar-refractivity contribution in [3.63, 3.8) is 0 Å². The third-order valence-electron chi connectivity index (χ3n) is 4.33. The number of amides is 3. The van der Waals surface area contributed by atoms with Crippen molar-refractivity contribution < 1.29 is 24.3 Å². The minimum absolute atomic E-state index is 0.0562. The van der Waals surface area contributed by atoms with Crippen molar-refractivity contribution in [2.24, 2.45) is 11.5 Å². The number of carbonyl (C=O) groups excluding carboxylic acids is 3. The van der Waals surface area contributed by atoms with Gasteiger partial charge in [0.1, 0.15) is 18.1 Å². The summed E-state index contributed by atoms with van der Waals surface area (Å²) in [6, 6.07) is -3.94. The summed E-state index contributed by atoms with van der Waals surface area (Å²) in [5.41, 5.74) is 11.6. The number of aromatic amines is 1. The topological polar surface area (TPSA) is 205 Å². The number of hydrogen-bond donors (Lipinski definition) is 7. The van der Waals surface area contributed by atoms with E-state index in [4.69, 9.17) is 16.6 Å². The predicted octanol–water partition coefficient (Wildman–Crippen LogP) is -2.01. The Labute approximate surface area is 174 Å². The van der Waals surface area contributed by atoms with E-state index in [1.165, 1.54) is 26.4 Å². The highest BCUT2D eigenvalue weighted by Gasteiger charge is 2.29. The molecule has 0 aliphatic heterocycles. The maximum absolute atomic E-state index is 12.8. The van der Waals surface area contributed by atoms with E-state index in [9.17, 15) is 19.2 Å². The molecule has 9 N–H and O–H groups in total. The first kappa shape index (κ1) is 25.0. The van der Waals surface area contributed by atoms with Crippen LogP contribution in [0.15, 0.2) is 12.5 Å². The normalized spacial score (nSPS) is 14.8. The zero-order chi connectivity index (χ0) is 22.7. The number of carbonyl (C=O) groups is 4. The molecule has 30 heavy (non-hydrogen) atoms. The highest BCUT2D eigenvalue weighted by Crippen LogP contribution is 2.05. The molecule has 0 aliphatic rings. The molecule has 168 valence electrons. The fraction of sp³-hybridized carbons (Fsp3) is 0.611. The quantitative estimate of drug-likeness (QED) is 0.175. The molecule has 0 bridgehead atoms. The second-order valence-electron chi connectivity index (χ2n) is 7.04. The largest absolute Gasteiger partial charge is 0.480 e. The number of aliphatic carboxylic acids is 1. The highest BCUT2D eigenvalue weighted by atomic mass is 16.4. The van der Waals surface area contributed by atoms with Crippen LogP contribution in [0, 0.1) is 0 Å². The molecular formula is C18H31N7O5. The standard InChI is InChI=1S/C18H31N7O5/c1-10(20)15(26)24-13(5-3-4-6-19)16(27)25-14(7-12-8-21-9-22-12)17(28)23-11(2)18(29)30/h8-11,13-14H,3-7,19-20H2,1-2H3,(H,21,22)(H,23,28)(H,24,26)(H,25,27)(H,29,30). The van der Waals surface area contributed by atoms with Crippen molar-refractivity contribution in [3.05, 3.63) is 18.2 Å². The number of hydrogen-bond acceptors (Lipinski definition) is 7. The molecule has 0 saturated heterocycles. The van der Waals surface area contributed by atoms with Gasteiger partial charge in [0.15, 0.2) is 0 Å². The first-order valence-electron chi connectivity index (χ1n) is 9.72. The van der Waals surface area contributed by atoms with E-state index in [1.54, 1.807) is 0 Å². The number of carboxylic acids is 1. The van der Waals surface area contributed by atoms with Gasteiger partial charge in [-0.1, -0.05) is 0 Å². The summed E-state index contributed by atoms with van der Waals surface area (Å²) in [7, 11) is 0. The number of unbranched alkanes of at least 4 members (excludes halogenated alkanes) is 1. The monoisotopic (exact) mass is 425 g/mol. The van der Waals surface area contributed by atoms with E-state index in [1.807, 2.05) is 0 Å². The molecule has 1 aromatic rings. The fourth-order valence-electron chi connectivity index (χ4n) is 2.54. The number of carboxylic acid groups (broad SMARTS) is 1.